The first-order valence-electron chi connectivity index (χ1n) is 5.89. The van der Waals surface area contributed by atoms with E-state index < -0.39 is 0 Å². The van der Waals surface area contributed by atoms with E-state index in [4.69, 9.17) is 0 Å². The fourth-order valence-corrected chi connectivity index (χ4v) is 3.07. The van der Waals surface area contributed by atoms with Crippen LogP contribution in [-0.4, -0.2) is 23.5 Å². The second-order valence-corrected chi connectivity index (χ2v) is 5.48. The van der Waals surface area contributed by atoms with Crippen LogP contribution in [0.4, 0.5) is 4.39 Å². The highest BCUT2D eigenvalue weighted by atomic mass is 32.2. The number of carbonyl (C=O) groups excluding carboxylic acids is 1. The van der Waals surface area contributed by atoms with Crippen LogP contribution in [0.15, 0.2) is 24.3 Å². The summed E-state index contributed by atoms with van der Waals surface area (Å²) in [6.07, 6.45) is 2.89. The lowest BCUT2D eigenvalue weighted by Gasteiger charge is -2.09. The summed E-state index contributed by atoms with van der Waals surface area (Å²) in [6.45, 7) is 0.627. The Morgan fingerprint density at radius 2 is 2.18 bits per heavy atom. The van der Waals surface area contributed by atoms with Crippen LogP contribution in [0.5, 0.6) is 0 Å². The van der Waals surface area contributed by atoms with Crippen molar-refractivity contribution in [3.63, 3.8) is 0 Å². The van der Waals surface area contributed by atoms with Gasteiger partial charge in [-0.2, -0.15) is 0 Å². The first-order chi connectivity index (χ1) is 8.25. The highest BCUT2D eigenvalue weighted by molar-refractivity contribution is 8.00. The van der Waals surface area contributed by atoms with E-state index in [1.54, 1.807) is 23.9 Å². The summed E-state index contributed by atoms with van der Waals surface area (Å²) in [7, 11) is 0. The molecule has 1 fully saturated rings. The highest BCUT2D eigenvalue weighted by Gasteiger charge is 2.22. The average Bonchev–Trinajstić information content (AvgIpc) is 2.85. The molecule has 4 heteroatoms. The molecule has 0 spiro atoms. The van der Waals surface area contributed by atoms with Gasteiger partial charge in [0.25, 0.3) is 0 Å². The number of hydrogen-bond donors (Lipinski definition) is 1. The Labute approximate surface area is 105 Å². The largest absolute Gasteiger partial charge is 0.355 e. The number of rotatable bonds is 4. The Kier molecular flexibility index (Phi) is 4.42. The smallest absolute Gasteiger partial charge is 0.233 e. The van der Waals surface area contributed by atoms with Gasteiger partial charge < -0.3 is 5.32 Å². The Balaban J connectivity index is 1.72. The molecule has 1 aromatic rings. The third-order valence-electron chi connectivity index (χ3n) is 2.85. The number of amides is 1. The van der Waals surface area contributed by atoms with E-state index in [2.05, 4.69) is 5.32 Å². The minimum atomic E-state index is -0.222. The van der Waals surface area contributed by atoms with Crippen molar-refractivity contribution >= 4 is 17.7 Å². The molecule has 1 aliphatic heterocycles. The quantitative estimate of drug-likeness (QED) is 0.892. The van der Waals surface area contributed by atoms with Crippen LogP contribution in [0.2, 0.25) is 0 Å². The van der Waals surface area contributed by atoms with Gasteiger partial charge in [-0.05, 0) is 42.7 Å². The summed E-state index contributed by atoms with van der Waals surface area (Å²) in [4.78, 5) is 11.7. The van der Waals surface area contributed by atoms with E-state index in [0.717, 1.165) is 30.6 Å². The maximum Gasteiger partial charge on any atom is 0.233 e. The standard InChI is InChI=1S/C13H16FNOS/c14-11-5-3-10(4-6-11)7-8-15-13(16)12-2-1-9-17-12/h3-6,12H,1-2,7-9H2,(H,15,16). The van der Waals surface area contributed by atoms with Crippen molar-refractivity contribution in [2.45, 2.75) is 24.5 Å². The topological polar surface area (TPSA) is 29.1 Å². The maximum absolute atomic E-state index is 12.7. The van der Waals surface area contributed by atoms with Gasteiger partial charge in [-0.3, -0.25) is 4.79 Å². The highest BCUT2D eigenvalue weighted by Crippen LogP contribution is 2.25. The molecular weight excluding hydrogens is 237 g/mol. The van der Waals surface area contributed by atoms with Gasteiger partial charge in [0.1, 0.15) is 5.82 Å². The van der Waals surface area contributed by atoms with E-state index in [1.165, 1.54) is 12.1 Å². The lowest BCUT2D eigenvalue weighted by Crippen LogP contribution is -2.32. The van der Waals surface area contributed by atoms with Crippen LogP contribution in [0.1, 0.15) is 18.4 Å². The van der Waals surface area contributed by atoms with Crippen molar-refractivity contribution in [1.82, 2.24) is 5.32 Å². The minimum absolute atomic E-state index is 0.142. The number of benzene rings is 1. The first kappa shape index (κ1) is 12.4. The van der Waals surface area contributed by atoms with Crippen LogP contribution >= 0.6 is 11.8 Å². The molecule has 1 N–H and O–H groups in total. The Hall–Kier alpha value is -1.03. The zero-order valence-corrected chi connectivity index (χ0v) is 10.4. The third-order valence-corrected chi connectivity index (χ3v) is 4.22. The molecule has 0 aliphatic carbocycles. The normalized spacial score (nSPS) is 19.2. The van der Waals surface area contributed by atoms with E-state index in [0.29, 0.717) is 6.54 Å². The first-order valence-corrected chi connectivity index (χ1v) is 6.94. The van der Waals surface area contributed by atoms with Crippen molar-refractivity contribution in [2.75, 3.05) is 12.3 Å². The van der Waals surface area contributed by atoms with Crippen molar-refractivity contribution < 1.29 is 9.18 Å². The lowest BCUT2D eigenvalue weighted by molar-refractivity contribution is -0.120. The van der Waals surface area contributed by atoms with Crippen molar-refractivity contribution in [3.05, 3.63) is 35.6 Å². The predicted molar refractivity (Wildman–Crippen MR) is 68.6 cm³/mol. The molecule has 0 aromatic heterocycles. The van der Waals surface area contributed by atoms with E-state index >= 15 is 0 Å². The van der Waals surface area contributed by atoms with E-state index in [-0.39, 0.29) is 17.0 Å². The summed E-state index contributed by atoms with van der Waals surface area (Å²) >= 11 is 1.74. The summed E-state index contributed by atoms with van der Waals surface area (Å²) in [6, 6.07) is 6.41. The summed E-state index contributed by atoms with van der Waals surface area (Å²) in [5, 5.41) is 3.08. The van der Waals surface area contributed by atoms with Gasteiger partial charge in [-0.25, -0.2) is 4.39 Å². The number of carbonyl (C=O) groups is 1. The molecule has 17 heavy (non-hydrogen) atoms. The molecule has 0 saturated carbocycles. The predicted octanol–water partition coefficient (Wildman–Crippen LogP) is 2.38. The molecule has 2 nitrogen and oxygen atoms in total. The zero-order valence-electron chi connectivity index (χ0n) is 9.62. The fourth-order valence-electron chi connectivity index (χ4n) is 1.88. The van der Waals surface area contributed by atoms with Gasteiger partial charge in [0.15, 0.2) is 0 Å². The van der Waals surface area contributed by atoms with Gasteiger partial charge in [0.2, 0.25) is 5.91 Å². The van der Waals surface area contributed by atoms with Crippen molar-refractivity contribution in [1.29, 1.82) is 0 Å². The zero-order chi connectivity index (χ0) is 12.1. The monoisotopic (exact) mass is 253 g/mol. The van der Waals surface area contributed by atoms with Gasteiger partial charge in [0.05, 0.1) is 5.25 Å². The van der Waals surface area contributed by atoms with E-state index in [9.17, 15) is 9.18 Å². The summed E-state index contributed by atoms with van der Waals surface area (Å²) < 4.78 is 12.7. The third kappa shape index (κ3) is 3.73. The van der Waals surface area contributed by atoms with Gasteiger partial charge in [-0.15, -0.1) is 11.8 Å². The molecule has 1 heterocycles. The Morgan fingerprint density at radius 3 is 2.82 bits per heavy atom. The van der Waals surface area contributed by atoms with Gasteiger partial charge in [0, 0.05) is 6.54 Å². The van der Waals surface area contributed by atoms with Crippen LogP contribution in [-0.2, 0) is 11.2 Å². The number of hydrogen-bond acceptors (Lipinski definition) is 2. The molecular formula is C13H16FNOS. The molecule has 1 saturated heterocycles. The van der Waals surface area contributed by atoms with Crippen molar-refractivity contribution in [2.24, 2.45) is 0 Å². The molecule has 92 valence electrons. The number of thioether (sulfide) groups is 1. The molecule has 1 unspecified atom stereocenters. The summed E-state index contributed by atoms with van der Waals surface area (Å²) in [5.74, 6) is 1.02. The molecule has 1 amide bonds. The Bertz CT molecular complexity index is 374. The van der Waals surface area contributed by atoms with Crippen molar-refractivity contribution in [3.8, 4) is 0 Å². The van der Waals surface area contributed by atoms with Crippen LogP contribution in [0.25, 0.3) is 0 Å². The molecule has 2 rings (SSSR count). The minimum Gasteiger partial charge on any atom is -0.355 e. The molecule has 0 bridgehead atoms. The second-order valence-electron chi connectivity index (χ2n) is 4.17. The number of halogens is 1. The molecule has 0 radical (unpaired) electrons. The maximum atomic E-state index is 12.7. The molecule has 1 aromatic carbocycles. The lowest BCUT2D eigenvalue weighted by atomic mass is 10.1. The number of nitrogens with one attached hydrogen (secondary N) is 1. The summed E-state index contributed by atoms with van der Waals surface area (Å²) in [5.41, 5.74) is 1.05. The van der Waals surface area contributed by atoms with Crippen LogP contribution in [0.3, 0.4) is 0 Å². The van der Waals surface area contributed by atoms with Crippen LogP contribution < -0.4 is 5.32 Å². The Morgan fingerprint density at radius 1 is 1.41 bits per heavy atom. The van der Waals surface area contributed by atoms with Crippen LogP contribution in [0, 0.1) is 5.82 Å². The second kappa shape index (κ2) is 6.05. The SMILES string of the molecule is O=C(NCCc1ccc(F)cc1)C1CCCS1. The van der Waals surface area contributed by atoms with Gasteiger partial charge >= 0.3 is 0 Å². The molecule has 1 aliphatic rings. The molecule has 1 atom stereocenters. The van der Waals surface area contributed by atoms with E-state index in [1.807, 2.05) is 0 Å². The fraction of sp³-hybridized carbons (Fsp3) is 0.462. The average molecular weight is 253 g/mol. The van der Waals surface area contributed by atoms with Gasteiger partial charge in [-0.1, -0.05) is 12.1 Å².